The number of benzene rings is 1. The molecule has 3 amide bonds. The van der Waals surface area contributed by atoms with Crippen LogP contribution in [0.3, 0.4) is 0 Å². The van der Waals surface area contributed by atoms with Crippen LogP contribution < -0.4 is 15.4 Å². The summed E-state index contributed by atoms with van der Waals surface area (Å²) in [5.41, 5.74) is 0.436. The van der Waals surface area contributed by atoms with Gasteiger partial charge in [0.2, 0.25) is 0 Å². The van der Waals surface area contributed by atoms with Crippen molar-refractivity contribution >= 4 is 17.8 Å². The van der Waals surface area contributed by atoms with Gasteiger partial charge in [0.15, 0.2) is 12.2 Å². The number of urea groups is 1. The molecule has 0 spiro atoms. The molecule has 1 aliphatic carbocycles. The molecule has 184 valence electrons. The first-order valence-electron chi connectivity index (χ1n) is 11.3. The first kappa shape index (κ1) is 25.4. The lowest BCUT2D eigenvalue weighted by Crippen LogP contribution is -2.52. The lowest BCUT2D eigenvalue weighted by Gasteiger charge is -2.36. The number of carboxylic acid groups (broad SMARTS) is 1. The van der Waals surface area contributed by atoms with Gasteiger partial charge in [0.1, 0.15) is 5.75 Å². The Hall–Kier alpha value is -4.26. The van der Waals surface area contributed by atoms with Gasteiger partial charge in [-0.15, -0.1) is 0 Å². The fraction of sp³-hybridized carbons (Fsp3) is 0.360. The summed E-state index contributed by atoms with van der Waals surface area (Å²) >= 11 is 0. The van der Waals surface area contributed by atoms with Gasteiger partial charge < -0.3 is 29.8 Å². The van der Waals surface area contributed by atoms with Crippen molar-refractivity contribution in [2.24, 2.45) is 0 Å². The van der Waals surface area contributed by atoms with Crippen LogP contribution in [0.2, 0.25) is 0 Å². The van der Waals surface area contributed by atoms with Crippen LogP contribution in [0, 0.1) is 11.3 Å². The van der Waals surface area contributed by atoms with Crippen molar-refractivity contribution in [2.75, 3.05) is 19.0 Å². The number of carbonyl (C=O) groups excluding carboxylic acids is 1. The van der Waals surface area contributed by atoms with E-state index in [0.29, 0.717) is 42.0 Å². The topological polar surface area (TPSA) is 141 Å². The minimum atomic E-state index is -1.08. The number of carbonyl (C=O) groups is 2. The molecule has 0 bridgehead atoms. The summed E-state index contributed by atoms with van der Waals surface area (Å²) in [6, 6.07) is 6.38. The molecule has 2 aromatic rings. The Kier molecular flexibility index (Phi) is 8.51. The predicted octanol–water partition coefficient (Wildman–Crippen LogP) is 4.79. The van der Waals surface area contributed by atoms with Crippen molar-refractivity contribution in [3.8, 4) is 23.1 Å². The molecule has 0 saturated carbocycles. The van der Waals surface area contributed by atoms with E-state index in [0.717, 1.165) is 0 Å². The van der Waals surface area contributed by atoms with Crippen LogP contribution >= 0.6 is 0 Å². The van der Waals surface area contributed by atoms with E-state index in [9.17, 15) is 14.7 Å². The number of hydrogen-bond donors (Lipinski definition) is 3. The first-order valence-corrected chi connectivity index (χ1v) is 11.3. The van der Waals surface area contributed by atoms with Gasteiger partial charge in [-0.25, -0.2) is 14.6 Å². The number of oxazole rings is 1. The maximum absolute atomic E-state index is 12.9. The third-order valence-corrected chi connectivity index (χ3v) is 5.95. The highest BCUT2D eigenvalue weighted by Crippen LogP contribution is 2.32. The molecule has 1 aromatic carbocycles. The summed E-state index contributed by atoms with van der Waals surface area (Å²) in [6.07, 6.45) is 10.8. The maximum atomic E-state index is 12.9. The summed E-state index contributed by atoms with van der Waals surface area (Å²) in [5, 5.41) is 24.6. The number of rotatable bonds is 10. The van der Waals surface area contributed by atoms with E-state index in [1.54, 1.807) is 24.4 Å². The summed E-state index contributed by atoms with van der Waals surface area (Å²) in [7, 11) is 1.53. The van der Waals surface area contributed by atoms with Gasteiger partial charge in [0.25, 0.3) is 0 Å². The van der Waals surface area contributed by atoms with E-state index >= 15 is 0 Å². The Balaban J connectivity index is 1.72. The van der Waals surface area contributed by atoms with Crippen molar-refractivity contribution in [2.45, 2.75) is 44.2 Å². The standard InChI is InChI=1S/C25H29N5O5/c1-3-19(9-13-26)30(24(32)33)14-12-25(10-5-4-6-11-25)29-23(31)28-18-7-8-20(21(15-18)34-2)22-16-27-17-35-22/h4-8,10,15-17,19H,3,9,11-12,14H2,1-2H3,(H,32,33)(H2,28,29,31)/t19-,25-/m0/s1. The molecule has 10 nitrogen and oxygen atoms in total. The fourth-order valence-electron chi connectivity index (χ4n) is 4.05. The van der Waals surface area contributed by atoms with Gasteiger partial charge in [-0.05, 0) is 31.4 Å². The molecule has 3 N–H and O–H groups in total. The van der Waals surface area contributed by atoms with Crippen LogP contribution in [0.15, 0.2) is 59.5 Å². The Morgan fingerprint density at radius 3 is 2.83 bits per heavy atom. The number of nitrogens with zero attached hydrogens (tertiary/aromatic N) is 3. The van der Waals surface area contributed by atoms with E-state index in [1.807, 2.05) is 31.2 Å². The van der Waals surface area contributed by atoms with Crippen LogP contribution in [0.25, 0.3) is 11.3 Å². The zero-order valence-electron chi connectivity index (χ0n) is 19.7. The summed E-state index contributed by atoms with van der Waals surface area (Å²) in [5.74, 6) is 1.05. The largest absolute Gasteiger partial charge is 0.496 e. The summed E-state index contributed by atoms with van der Waals surface area (Å²) in [4.78, 5) is 30.0. The second-order valence-corrected chi connectivity index (χ2v) is 8.16. The monoisotopic (exact) mass is 479 g/mol. The molecule has 0 fully saturated rings. The van der Waals surface area contributed by atoms with Gasteiger partial charge in [0, 0.05) is 24.3 Å². The molecule has 0 saturated heterocycles. The van der Waals surface area contributed by atoms with Crippen molar-refractivity contribution in [3.63, 3.8) is 0 Å². The van der Waals surface area contributed by atoms with Crippen molar-refractivity contribution in [1.82, 2.24) is 15.2 Å². The Labute approximate surface area is 203 Å². The number of allylic oxidation sites excluding steroid dienone is 2. The van der Waals surface area contributed by atoms with Crippen molar-refractivity contribution in [1.29, 1.82) is 5.26 Å². The quantitative estimate of drug-likeness (QED) is 0.445. The number of anilines is 1. The molecule has 0 radical (unpaired) electrons. The molecule has 0 unspecified atom stereocenters. The second kappa shape index (κ2) is 11.7. The molecular formula is C25H29N5O5. The molecule has 1 heterocycles. The fourth-order valence-corrected chi connectivity index (χ4v) is 4.05. The number of nitriles is 1. The molecule has 1 aromatic heterocycles. The van der Waals surface area contributed by atoms with E-state index in [-0.39, 0.29) is 13.0 Å². The third kappa shape index (κ3) is 6.41. The predicted molar refractivity (Wildman–Crippen MR) is 130 cm³/mol. The lowest BCUT2D eigenvalue weighted by atomic mass is 9.87. The smallest absolute Gasteiger partial charge is 0.407 e. The zero-order chi connectivity index (χ0) is 25.3. The van der Waals surface area contributed by atoms with Gasteiger partial charge in [-0.2, -0.15) is 5.26 Å². The van der Waals surface area contributed by atoms with E-state index in [2.05, 4.69) is 21.7 Å². The minimum absolute atomic E-state index is 0.116. The van der Waals surface area contributed by atoms with Crippen LogP contribution in [0.1, 0.15) is 32.6 Å². The van der Waals surface area contributed by atoms with Gasteiger partial charge in [0.05, 0.1) is 36.9 Å². The van der Waals surface area contributed by atoms with Crippen LogP contribution in [-0.4, -0.2) is 52.4 Å². The SMILES string of the molecule is CC[C@@H](CC#N)N(CC[C@]1(NC(=O)Nc2ccc(-c3cnco3)c(OC)c2)C=CC=CC1)C(=O)O. The lowest BCUT2D eigenvalue weighted by molar-refractivity contribution is 0.118. The Bertz CT molecular complexity index is 1120. The average Bonchev–Trinajstić information content (AvgIpc) is 3.38. The van der Waals surface area contributed by atoms with Crippen LogP contribution in [-0.2, 0) is 0 Å². The second-order valence-electron chi connectivity index (χ2n) is 8.16. The number of hydrogen-bond acceptors (Lipinski definition) is 6. The third-order valence-electron chi connectivity index (χ3n) is 5.95. The molecule has 2 atom stereocenters. The Morgan fingerprint density at radius 2 is 2.23 bits per heavy atom. The number of nitrogens with one attached hydrogen (secondary N) is 2. The highest BCUT2D eigenvalue weighted by Gasteiger charge is 2.32. The highest BCUT2D eigenvalue weighted by atomic mass is 16.5. The van der Waals surface area contributed by atoms with E-state index in [4.69, 9.17) is 14.4 Å². The van der Waals surface area contributed by atoms with Gasteiger partial charge in [-0.3, -0.25) is 0 Å². The number of methoxy groups -OCH3 is 1. The highest BCUT2D eigenvalue weighted by molar-refractivity contribution is 5.91. The average molecular weight is 480 g/mol. The van der Waals surface area contributed by atoms with Crippen LogP contribution in [0.5, 0.6) is 5.75 Å². The molecule has 0 aliphatic heterocycles. The maximum Gasteiger partial charge on any atom is 0.407 e. The minimum Gasteiger partial charge on any atom is -0.496 e. The molecule has 1 aliphatic rings. The van der Waals surface area contributed by atoms with Crippen molar-refractivity contribution in [3.05, 3.63) is 55.1 Å². The number of amides is 3. The molecule has 35 heavy (non-hydrogen) atoms. The van der Waals surface area contributed by atoms with Crippen LogP contribution in [0.4, 0.5) is 15.3 Å². The number of aromatic nitrogens is 1. The van der Waals surface area contributed by atoms with E-state index < -0.39 is 23.7 Å². The molecule has 10 heteroatoms. The summed E-state index contributed by atoms with van der Waals surface area (Å²) in [6.45, 7) is 2.03. The molecule has 3 rings (SSSR count). The van der Waals surface area contributed by atoms with Gasteiger partial charge >= 0.3 is 12.1 Å². The number of ether oxygens (including phenoxy) is 1. The summed E-state index contributed by atoms with van der Waals surface area (Å²) < 4.78 is 10.8. The Morgan fingerprint density at radius 1 is 1.40 bits per heavy atom. The zero-order valence-corrected chi connectivity index (χ0v) is 19.7. The first-order chi connectivity index (χ1) is 16.9. The van der Waals surface area contributed by atoms with E-state index in [1.165, 1.54) is 18.4 Å². The van der Waals surface area contributed by atoms with Crippen molar-refractivity contribution < 1.29 is 23.8 Å². The molecular weight excluding hydrogens is 450 g/mol. The normalized spacial score (nSPS) is 17.3. The van der Waals surface area contributed by atoms with Gasteiger partial charge in [-0.1, -0.05) is 31.2 Å².